The molecule has 0 radical (unpaired) electrons. The summed E-state index contributed by atoms with van der Waals surface area (Å²) < 4.78 is 12.2. The maximum Gasteiger partial charge on any atom is 0.228 e. The molecule has 5 rings (SSSR count). The molecule has 0 N–H and O–H groups in total. The number of fused-ring (bicyclic) bond motifs is 2. The highest BCUT2D eigenvalue weighted by Gasteiger charge is 2.30. The van der Waals surface area contributed by atoms with E-state index in [0.29, 0.717) is 5.76 Å². The highest BCUT2D eigenvalue weighted by Crippen LogP contribution is 2.41. The van der Waals surface area contributed by atoms with Crippen LogP contribution in [0.2, 0.25) is 0 Å². The molecule has 1 unspecified atom stereocenters. The Labute approximate surface area is 207 Å². The molecule has 174 valence electrons. The summed E-state index contributed by atoms with van der Waals surface area (Å²) in [4.78, 5) is 5.03. The van der Waals surface area contributed by atoms with Crippen molar-refractivity contribution in [2.24, 2.45) is 0 Å². The van der Waals surface area contributed by atoms with Crippen LogP contribution < -0.4 is 0 Å². The Balaban J connectivity index is 1.73. The second-order valence-corrected chi connectivity index (χ2v) is 9.95. The molecule has 1 atom stereocenters. The van der Waals surface area contributed by atoms with Gasteiger partial charge in [-0.25, -0.2) is 4.98 Å². The molecular weight excluding hydrogens is 430 g/mol. The van der Waals surface area contributed by atoms with E-state index in [1.807, 2.05) is 30.3 Å². The fourth-order valence-corrected chi connectivity index (χ4v) is 4.25. The van der Waals surface area contributed by atoms with E-state index in [-0.39, 0.29) is 5.41 Å². The monoisotopic (exact) mass is 459 g/mol. The predicted octanol–water partition coefficient (Wildman–Crippen LogP) is 7.44. The molecule has 0 bridgehead atoms. The number of ether oxygens (including phenoxy) is 2. The van der Waals surface area contributed by atoms with Gasteiger partial charge in [0.25, 0.3) is 0 Å². The van der Waals surface area contributed by atoms with Crippen LogP contribution in [-0.2, 0) is 14.9 Å². The number of aromatic nitrogens is 1. The van der Waals surface area contributed by atoms with Crippen molar-refractivity contribution in [3.05, 3.63) is 112 Å². The fraction of sp³-hybridized carbons (Fsp3) is 0.219. The largest absolute Gasteiger partial charge is 0.458 e. The van der Waals surface area contributed by atoms with Crippen LogP contribution in [0.25, 0.3) is 22.2 Å². The van der Waals surface area contributed by atoms with Gasteiger partial charge in [0.2, 0.25) is 6.29 Å². The number of methoxy groups -OCH3 is 1. The molecule has 0 amide bonds. The average Bonchev–Trinajstić information content (AvgIpc) is 2.86. The molecule has 1 aromatic heterocycles. The molecule has 35 heavy (non-hydrogen) atoms. The van der Waals surface area contributed by atoms with Crippen LogP contribution in [0.5, 0.6) is 0 Å². The molecular formula is C32H29NO2. The van der Waals surface area contributed by atoms with E-state index < -0.39 is 6.29 Å². The summed E-state index contributed by atoms with van der Waals surface area (Å²) in [6.45, 7) is 8.71. The minimum Gasteiger partial charge on any atom is -0.458 e. The van der Waals surface area contributed by atoms with Gasteiger partial charge in [-0.15, -0.1) is 0 Å². The van der Waals surface area contributed by atoms with Crippen molar-refractivity contribution in [1.82, 2.24) is 4.98 Å². The minimum absolute atomic E-state index is 0.0660. The van der Waals surface area contributed by atoms with Crippen molar-refractivity contribution >= 4 is 22.2 Å². The normalized spacial score (nSPS) is 15.3. The highest BCUT2D eigenvalue weighted by atomic mass is 16.7. The van der Waals surface area contributed by atoms with Crippen molar-refractivity contribution in [2.45, 2.75) is 39.4 Å². The van der Waals surface area contributed by atoms with Gasteiger partial charge in [-0.2, -0.15) is 0 Å². The number of pyridine rings is 1. The van der Waals surface area contributed by atoms with Crippen LogP contribution in [0, 0.1) is 18.8 Å². The third-order valence-corrected chi connectivity index (χ3v) is 6.31. The Hall–Kier alpha value is -3.87. The van der Waals surface area contributed by atoms with Crippen LogP contribution in [0.15, 0.2) is 78.9 Å². The Bertz CT molecular complexity index is 1480. The van der Waals surface area contributed by atoms with Gasteiger partial charge in [0.1, 0.15) is 5.76 Å². The summed E-state index contributed by atoms with van der Waals surface area (Å²) in [6.07, 6.45) is -0.565. The Kier molecular flexibility index (Phi) is 5.93. The van der Waals surface area contributed by atoms with Gasteiger partial charge >= 0.3 is 0 Å². The Morgan fingerprint density at radius 3 is 2.29 bits per heavy atom. The summed E-state index contributed by atoms with van der Waals surface area (Å²) in [7, 11) is 1.66. The van der Waals surface area contributed by atoms with E-state index in [1.54, 1.807) is 7.11 Å². The zero-order valence-electron chi connectivity index (χ0n) is 20.8. The number of para-hydroxylation sites is 1. The number of rotatable bonds is 2. The van der Waals surface area contributed by atoms with Crippen LogP contribution in [0.3, 0.4) is 0 Å². The van der Waals surface area contributed by atoms with E-state index in [4.69, 9.17) is 14.5 Å². The molecule has 3 heteroatoms. The topological polar surface area (TPSA) is 31.4 Å². The van der Waals surface area contributed by atoms with E-state index in [9.17, 15) is 0 Å². The molecule has 4 aromatic rings. The predicted molar refractivity (Wildman–Crippen MR) is 143 cm³/mol. The lowest BCUT2D eigenvalue weighted by Gasteiger charge is -2.28. The molecule has 1 aliphatic heterocycles. The number of benzene rings is 3. The second-order valence-electron chi connectivity index (χ2n) is 9.95. The summed E-state index contributed by atoms with van der Waals surface area (Å²) in [6, 6.07) is 26.9. The van der Waals surface area contributed by atoms with Gasteiger partial charge in [-0.05, 0) is 42.2 Å². The lowest BCUT2D eigenvalue weighted by atomic mass is 9.86. The van der Waals surface area contributed by atoms with Crippen molar-refractivity contribution in [2.75, 3.05) is 7.11 Å². The first kappa shape index (κ1) is 22.9. The van der Waals surface area contributed by atoms with Gasteiger partial charge < -0.3 is 9.47 Å². The molecule has 0 saturated carbocycles. The minimum atomic E-state index is -0.565. The van der Waals surface area contributed by atoms with Crippen molar-refractivity contribution in [3.63, 3.8) is 0 Å². The number of hydrogen-bond donors (Lipinski definition) is 0. The third-order valence-electron chi connectivity index (χ3n) is 6.31. The first-order chi connectivity index (χ1) is 16.8. The van der Waals surface area contributed by atoms with Gasteiger partial charge in [0.05, 0.1) is 16.8 Å². The summed E-state index contributed by atoms with van der Waals surface area (Å²) in [5.41, 5.74) is 7.80. The summed E-state index contributed by atoms with van der Waals surface area (Å²) >= 11 is 0. The molecule has 0 fully saturated rings. The van der Waals surface area contributed by atoms with Crippen LogP contribution in [0.1, 0.15) is 60.6 Å². The Morgan fingerprint density at radius 2 is 1.60 bits per heavy atom. The van der Waals surface area contributed by atoms with Gasteiger partial charge in [-0.1, -0.05) is 92.8 Å². The second kappa shape index (κ2) is 9.06. The van der Waals surface area contributed by atoms with E-state index in [0.717, 1.165) is 38.9 Å². The van der Waals surface area contributed by atoms with E-state index in [2.05, 4.69) is 88.1 Å². The fourth-order valence-electron chi connectivity index (χ4n) is 4.25. The molecule has 0 spiro atoms. The first-order valence-electron chi connectivity index (χ1n) is 11.9. The smallest absolute Gasteiger partial charge is 0.228 e. The maximum atomic E-state index is 6.46. The van der Waals surface area contributed by atoms with Gasteiger partial charge in [-0.3, -0.25) is 0 Å². The van der Waals surface area contributed by atoms with Crippen LogP contribution >= 0.6 is 0 Å². The zero-order chi connectivity index (χ0) is 24.6. The van der Waals surface area contributed by atoms with E-state index >= 15 is 0 Å². The van der Waals surface area contributed by atoms with Crippen molar-refractivity contribution in [1.29, 1.82) is 0 Å². The molecule has 0 saturated heterocycles. The number of nitrogens with zero attached hydrogens (tertiary/aromatic N) is 1. The van der Waals surface area contributed by atoms with Crippen LogP contribution in [0.4, 0.5) is 0 Å². The van der Waals surface area contributed by atoms with E-state index in [1.165, 1.54) is 11.1 Å². The standard InChI is InChI=1S/C32H29NO2/c1-21-10-12-22(13-11-21)14-19-26-29-27(20-24-8-6-7-9-28(24)33-29)31(34-5)35-30(26)23-15-17-25(18-16-23)32(2,3)4/h6-13,15-18,20,31H,1-5H3. The van der Waals surface area contributed by atoms with Crippen molar-refractivity contribution < 1.29 is 9.47 Å². The average molecular weight is 460 g/mol. The van der Waals surface area contributed by atoms with Gasteiger partial charge in [0, 0.05) is 29.2 Å². The number of allylic oxidation sites excluding steroid dienone is 1. The maximum absolute atomic E-state index is 6.46. The highest BCUT2D eigenvalue weighted by molar-refractivity contribution is 5.98. The first-order valence-corrected chi connectivity index (χ1v) is 11.9. The molecule has 2 heterocycles. The summed E-state index contributed by atoms with van der Waals surface area (Å²) in [5.74, 6) is 7.42. The molecule has 1 aliphatic rings. The molecule has 3 nitrogen and oxygen atoms in total. The van der Waals surface area contributed by atoms with Crippen LogP contribution in [-0.4, -0.2) is 12.1 Å². The van der Waals surface area contributed by atoms with Crippen molar-refractivity contribution in [3.8, 4) is 11.8 Å². The third kappa shape index (κ3) is 4.58. The quantitative estimate of drug-likeness (QED) is 0.292. The lowest BCUT2D eigenvalue weighted by Crippen LogP contribution is -2.16. The van der Waals surface area contributed by atoms with Gasteiger partial charge in [0.15, 0.2) is 0 Å². The lowest BCUT2D eigenvalue weighted by molar-refractivity contribution is -0.0770. The Morgan fingerprint density at radius 1 is 0.886 bits per heavy atom. The zero-order valence-corrected chi connectivity index (χ0v) is 20.8. The summed E-state index contributed by atoms with van der Waals surface area (Å²) in [5, 5.41) is 1.04. The number of aryl methyl sites for hydroxylation is 1. The SMILES string of the molecule is COC1OC(c2ccc(C(C)(C)C)cc2)=C(C#Cc2ccc(C)cc2)c2nc3ccccc3cc21. The molecule has 0 aliphatic carbocycles. The number of hydrogen-bond acceptors (Lipinski definition) is 3. The molecule has 3 aromatic carbocycles.